The third-order valence-corrected chi connectivity index (χ3v) is 4.95. The van der Waals surface area contributed by atoms with Gasteiger partial charge in [0.25, 0.3) is 5.56 Å². The van der Waals surface area contributed by atoms with Crippen LogP contribution in [0.4, 0.5) is 0 Å². The van der Waals surface area contributed by atoms with Crippen LogP contribution in [0.15, 0.2) is 58.4 Å². The summed E-state index contributed by atoms with van der Waals surface area (Å²) in [7, 11) is 0. The molecule has 1 aromatic carbocycles. The number of ketones is 1. The van der Waals surface area contributed by atoms with Crippen molar-refractivity contribution >= 4 is 29.2 Å². The van der Waals surface area contributed by atoms with E-state index in [-0.39, 0.29) is 30.8 Å². The van der Waals surface area contributed by atoms with Crippen molar-refractivity contribution in [2.75, 3.05) is 6.26 Å². The van der Waals surface area contributed by atoms with Gasteiger partial charge in [0.2, 0.25) is 0 Å². The first-order chi connectivity index (χ1) is 13.5. The highest BCUT2D eigenvalue weighted by molar-refractivity contribution is 7.98. The summed E-state index contributed by atoms with van der Waals surface area (Å²) in [6.45, 7) is 1.79. The molecular weight excluding hydrogens is 376 g/mol. The molecule has 0 aliphatic heterocycles. The second kappa shape index (κ2) is 8.84. The zero-order valence-corrected chi connectivity index (χ0v) is 16.5. The average molecular weight is 396 g/mol. The highest BCUT2D eigenvalue weighted by Gasteiger charge is 2.11. The number of thioether (sulfide) groups is 1. The molecule has 0 aliphatic carbocycles. The molecule has 0 N–H and O–H groups in total. The number of aryl methyl sites for hydroxylation is 1. The van der Waals surface area contributed by atoms with Gasteiger partial charge in [-0.2, -0.15) is 0 Å². The zero-order valence-electron chi connectivity index (χ0n) is 15.7. The minimum absolute atomic E-state index is 0.0190. The first-order valence-corrected chi connectivity index (χ1v) is 10.0. The molecule has 6 nitrogen and oxygen atoms in total. The smallest absolute Gasteiger partial charge is 0.306 e. The van der Waals surface area contributed by atoms with Crippen LogP contribution in [0.2, 0.25) is 0 Å². The highest BCUT2D eigenvalue weighted by atomic mass is 32.2. The molecule has 0 amide bonds. The summed E-state index contributed by atoms with van der Waals surface area (Å²) in [5.41, 5.74) is 2.16. The molecule has 2 heterocycles. The Labute approximate surface area is 166 Å². The van der Waals surface area contributed by atoms with Crippen molar-refractivity contribution < 1.29 is 14.3 Å². The van der Waals surface area contributed by atoms with Crippen molar-refractivity contribution in [1.29, 1.82) is 0 Å². The summed E-state index contributed by atoms with van der Waals surface area (Å²) in [5, 5.41) is 0. The van der Waals surface area contributed by atoms with Crippen LogP contribution in [0, 0.1) is 6.92 Å². The van der Waals surface area contributed by atoms with Crippen molar-refractivity contribution in [3.63, 3.8) is 0 Å². The van der Waals surface area contributed by atoms with E-state index in [1.807, 2.05) is 31.4 Å². The van der Waals surface area contributed by atoms with Crippen molar-refractivity contribution in [1.82, 2.24) is 9.38 Å². The Hall–Kier alpha value is -2.93. The lowest BCUT2D eigenvalue weighted by molar-refractivity contribution is -0.145. The maximum Gasteiger partial charge on any atom is 0.306 e. The number of esters is 1. The van der Waals surface area contributed by atoms with E-state index in [4.69, 9.17) is 4.74 Å². The third-order valence-electron chi connectivity index (χ3n) is 4.21. The van der Waals surface area contributed by atoms with Crippen molar-refractivity contribution in [2.45, 2.75) is 31.3 Å². The topological polar surface area (TPSA) is 77.7 Å². The number of ether oxygens (including phenoxy) is 1. The number of fused-ring (bicyclic) bond motifs is 1. The van der Waals surface area contributed by atoms with Crippen molar-refractivity contribution in [3.8, 4) is 0 Å². The summed E-state index contributed by atoms with van der Waals surface area (Å²) in [4.78, 5) is 41.7. The van der Waals surface area contributed by atoms with E-state index in [0.717, 1.165) is 10.5 Å². The molecule has 28 heavy (non-hydrogen) atoms. The standard InChI is InChI=1S/C21H20N2O4S/c1-14-3-9-19-22-16(11-20(25)23(19)12-14)13-27-21(26)10-8-18(24)15-4-6-17(28-2)7-5-15/h3-7,9,11-12H,8,10,13H2,1-2H3. The molecule has 0 fully saturated rings. The maximum atomic E-state index is 12.2. The van der Waals surface area contributed by atoms with Gasteiger partial charge in [0.1, 0.15) is 12.3 Å². The number of nitrogens with zero attached hydrogens (tertiary/aromatic N) is 2. The molecule has 0 atom stereocenters. The molecule has 0 radical (unpaired) electrons. The van der Waals surface area contributed by atoms with E-state index < -0.39 is 5.97 Å². The number of aromatic nitrogens is 2. The third kappa shape index (κ3) is 4.86. The van der Waals surface area contributed by atoms with Crippen LogP contribution in [0.1, 0.15) is 34.5 Å². The predicted molar refractivity (Wildman–Crippen MR) is 108 cm³/mol. The average Bonchev–Trinajstić information content (AvgIpc) is 2.71. The number of Topliss-reactive ketones (excluding diaryl/α,β-unsaturated/α-hetero) is 1. The van der Waals surface area contributed by atoms with Gasteiger partial charge in [-0.3, -0.25) is 18.8 Å². The fourth-order valence-corrected chi connectivity index (χ4v) is 3.10. The predicted octanol–water partition coefficient (Wildman–Crippen LogP) is 3.43. The van der Waals surface area contributed by atoms with E-state index in [1.54, 1.807) is 36.2 Å². The molecule has 0 saturated heterocycles. The molecule has 7 heteroatoms. The van der Waals surface area contributed by atoms with Crippen molar-refractivity contribution in [2.24, 2.45) is 0 Å². The second-order valence-corrected chi connectivity index (χ2v) is 7.21. The summed E-state index contributed by atoms with van der Waals surface area (Å²) < 4.78 is 6.62. The van der Waals surface area contributed by atoms with E-state index in [2.05, 4.69) is 4.98 Å². The highest BCUT2D eigenvalue weighted by Crippen LogP contribution is 2.16. The molecule has 0 saturated carbocycles. The first kappa shape index (κ1) is 19.8. The van der Waals surface area contributed by atoms with E-state index in [1.165, 1.54) is 10.5 Å². The molecule has 3 rings (SSSR count). The molecule has 144 valence electrons. The fraction of sp³-hybridized carbons (Fsp3) is 0.238. The lowest BCUT2D eigenvalue weighted by Gasteiger charge is -2.07. The van der Waals surface area contributed by atoms with Crippen LogP contribution in [0.3, 0.4) is 0 Å². The number of carbonyl (C=O) groups is 2. The monoisotopic (exact) mass is 396 g/mol. The van der Waals surface area contributed by atoms with E-state index >= 15 is 0 Å². The molecule has 3 aromatic rings. The van der Waals surface area contributed by atoms with Crippen LogP contribution in [0.5, 0.6) is 0 Å². The Bertz CT molecular complexity index is 1070. The zero-order chi connectivity index (χ0) is 20.1. The molecular formula is C21H20N2O4S. The van der Waals surface area contributed by atoms with Gasteiger partial charge in [0.15, 0.2) is 5.78 Å². The minimum Gasteiger partial charge on any atom is -0.459 e. The fourth-order valence-electron chi connectivity index (χ4n) is 2.70. The summed E-state index contributed by atoms with van der Waals surface area (Å²) in [6.07, 6.45) is 3.73. The lowest BCUT2D eigenvalue weighted by Crippen LogP contribution is -2.17. The maximum absolute atomic E-state index is 12.2. The molecule has 0 bridgehead atoms. The quantitative estimate of drug-likeness (QED) is 0.346. The number of rotatable bonds is 7. The van der Waals surface area contributed by atoms with Crippen LogP contribution in [-0.2, 0) is 16.1 Å². The summed E-state index contributed by atoms with van der Waals surface area (Å²) in [5.74, 6) is -0.609. The molecule has 2 aromatic heterocycles. The van der Waals surface area contributed by atoms with Crippen molar-refractivity contribution in [3.05, 3.63) is 75.8 Å². The number of hydrogen-bond donors (Lipinski definition) is 0. The Morgan fingerprint density at radius 1 is 1.11 bits per heavy atom. The Morgan fingerprint density at radius 3 is 2.57 bits per heavy atom. The largest absolute Gasteiger partial charge is 0.459 e. The lowest BCUT2D eigenvalue weighted by atomic mass is 10.1. The number of benzene rings is 1. The first-order valence-electron chi connectivity index (χ1n) is 8.78. The molecule has 0 spiro atoms. The van der Waals surface area contributed by atoms with Crippen LogP contribution in [0.25, 0.3) is 5.65 Å². The number of carbonyl (C=O) groups excluding carboxylic acids is 2. The van der Waals surface area contributed by atoms with Gasteiger partial charge in [-0.15, -0.1) is 11.8 Å². The van der Waals surface area contributed by atoms with Crippen LogP contribution >= 0.6 is 11.8 Å². The molecule has 0 aliphatic rings. The summed E-state index contributed by atoms with van der Waals surface area (Å²) in [6, 6.07) is 12.2. The summed E-state index contributed by atoms with van der Waals surface area (Å²) >= 11 is 1.60. The van der Waals surface area contributed by atoms with E-state index in [9.17, 15) is 14.4 Å². The SMILES string of the molecule is CSc1ccc(C(=O)CCC(=O)OCc2cc(=O)n3cc(C)ccc3n2)cc1. The van der Waals surface area contributed by atoms with E-state index in [0.29, 0.717) is 16.9 Å². The van der Waals surface area contributed by atoms with Gasteiger partial charge in [-0.1, -0.05) is 18.2 Å². The van der Waals surface area contributed by atoms with Gasteiger partial charge in [0.05, 0.1) is 12.1 Å². The van der Waals surface area contributed by atoms with Gasteiger partial charge in [-0.25, -0.2) is 4.98 Å². The van der Waals surface area contributed by atoms with Gasteiger partial charge < -0.3 is 4.74 Å². The Morgan fingerprint density at radius 2 is 1.86 bits per heavy atom. The van der Waals surface area contributed by atoms with Crippen LogP contribution in [-0.4, -0.2) is 27.4 Å². The minimum atomic E-state index is -0.500. The number of hydrogen-bond acceptors (Lipinski definition) is 6. The Balaban J connectivity index is 1.55. The Kier molecular flexibility index (Phi) is 6.26. The second-order valence-electron chi connectivity index (χ2n) is 6.33. The number of pyridine rings is 1. The van der Waals surface area contributed by atoms with Crippen LogP contribution < -0.4 is 5.56 Å². The van der Waals surface area contributed by atoms with Gasteiger partial charge >= 0.3 is 5.97 Å². The molecule has 0 unspecified atom stereocenters. The van der Waals surface area contributed by atoms with Gasteiger partial charge in [0, 0.05) is 29.1 Å². The van der Waals surface area contributed by atoms with Gasteiger partial charge in [-0.05, 0) is 36.9 Å². The normalized spacial score (nSPS) is 10.8.